The Morgan fingerprint density at radius 1 is 1.21 bits per heavy atom. The number of benzene rings is 1. The van der Waals surface area contributed by atoms with Gasteiger partial charge in [-0.3, -0.25) is 0 Å². The fourth-order valence-electron chi connectivity index (χ4n) is 2.90. The molecule has 5 nitrogen and oxygen atoms in total. The molecule has 2 aromatic rings. The van der Waals surface area contributed by atoms with E-state index in [4.69, 9.17) is 10.00 Å². The van der Waals surface area contributed by atoms with Crippen molar-refractivity contribution >= 4 is 11.5 Å². The van der Waals surface area contributed by atoms with Crippen molar-refractivity contribution in [3.63, 3.8) is 0 Å². The van der Waals surface area contributed by atoms with Crippen molar-refractivity contribution in [3.05, 3.63) is 47.9 Å². The molecule has 0 aliphatic carbocycles. The van der Waals surface area contributed by atoms with Gasteiger partial charge in [-0.1, -0.05) is 0 Å². The van der Waals surface area contributed by atoms with Gasteiger partial charge in [-0.25, -0.2) is 4.98 Å². The number of piperidine rings is 1. The van der Waals surface area contributed by atoms with Gasteiger partial charge >= 0.3 is 0 Å². The largest absolute Gasteiger partial charge is 0.497 e. The number of nitrogens with one attached hydrogen (secondary N) is 1. The van der Waals surface area contributed by atoms with E-state index in [0.29, 0.717) is 11.4 Å². The van der Waals surface area contributed by atoms with Crippen molar-refractivity contribution in [1.82, 2.24) is 4.98 Å². The van der Waals surface area contributed by atoms with E-state index in [-0.39, 0.29) is 6.04 Å². The molecule has 1 aliphatic rings. The topological polar surface area (TPSA) is 61.2 Å². The first-order chi connectivity index (χ1) is 11.7. The molecule has 0 saturated carbocycles. The molecule has 1 aromatic heterocycles. The number of ether oxygens (including phenoxy) is 1. The number of hydrogen-bond acceptors (Lipinski definition) is 5. The second-order valence-electron chi connectivity index (χ2n) is 5.75. The molecule has 0 spiro atoms. The quantitative estimate of drug-likeness (QED) is 0.875. The van der Waals surface area contributed by atoms with Gasteiger partial charge in [0.15, 0.2) is 0 Å². The number of pyridine rings is 1. The summed E-state index contributed by atoms with van der Waals surface area (Å²) in [6.45, 7) is 1.78. The lowest BCUT2D eigenvalue weighted by molar-refractivity contribution is 0.414. The van der Waals surface area contributed by atoms with Crippen LogP contribution in [0.5, 0.6) is 5.75 Å². The third kappa shape index (κ3) is 3.57. The summed E-state index contributed by atoms with van der Waals surface area (Å²) in [6, 6.07) is 12.9. The summed E-state index contributed by atoms with van der Waals surface area (Å²) in [4.78, 5) is 6.11. The van der Waals surface area contributed by atoms with Crippen LogP contribution in [0, 0.1) is 17.3 Å². The van der Waals surface area contributed by atoms with E-state index < -0.39 is 5.95 Å². The Morgan fingerprint density at radius 3 is 2.54 bits per heavy atom. The van der Waals surface area contributed by atoms with Crippen molar-refractivity contribution in [2.75, 3.05) is 30.4 Å². The first-order valence-electron chi connectivity index (χ1n) is 7.92. The predicted octanol–water partition coefficient (Wildman–Crippen LogP) is 3.18. The number of nitrogens with zero attached hydrogens (tertiary/aromatic N) is 3. The van der Waals surface area contributed by atoms with E-state index in [2.05, 4.69) is 27.3 Å². The van der Waals surface area contributed by atoms with Gasteiger partial charge < -0.3 is 15.0 Å². The minimum atomic E-state index is -0.577. The molecule has 1 fully saturated rings. The van der Waals surface area contributed by atoms with E-state index in [9.17, 15) is 4.39 Å². The molecule has 0 unspecified atom stereocenters. The van der Waals surface area contributed by atoms with Crippen LogP contribution in [0.2, 0.25) is 0 Å². The molecule has 3 rings (SSSR count). The number of rotatable bonds is 4. The Hall–Kier alpha value is -2.81. The van der Waals surface area contributed by atoms with Crippen LogP contribution in [0.25, 0.3) is 0 Å². The highest BCUT2D eigenvalue weighted by molar-refractivity contribution is 5.53. The number of anilines is 2. The molecule has 24 heavy (non-hydrogen) atoms. The molecule has 2 heterocycles. The number of halogens is 1. The van der Waals surface area contributed by atoms with Gasteiger partial charge in [0.2, 0.25) is 5.95 Å². The van der Waals surface area contributed by atoms with E-state index in [1.54, 1.807) is 7.11 Å². The van der Waals surface area contributed by atoms with Gasteiger partial charge in [0.05, 0.1) is 12.7 Å². The van der Waals surface area contributed by atoms with Gasteiger partial charge in [0.25, 0.3) is 0 Å². The Morgan fingerprint density at radius 2 is 1.92 bits per heavy atom. The molecule has 6 heteroatoms. The molecule has 1 aliphatic heterocycles. The molecular formula is C18H19FN4O. The van der Waals surface area contributed by atoms with Gasteiger partial charge in [-0.2, -0.15) is 9.65 Å². The van der Waals surface area contributed by atoms with Gasteiger partial charge in [-0.15, -0.1) is 0 Å². The van der Waals surface area contributed by atoms with Crippen molar-refractivity contribution < 1.29 is 9.13 Å². The van der Waals surface area contributed by atoms with E-state index in [0.717, 1.165) is 37.4 Å². The molecule has 124 valence electrons. The fraction of sp³-hybridized carbons (Fsp3) is 0.333. The van der Waals surface area contributed by atoms with E-state index in [1.807, 2.05) is 18.2 Å². The van der Waals surface area contributed by atoms with Crippen LogP contribution in [-0.2, 0) is 0 Å². The third-order valence-corrected chi connectivity index (χ3v) is 4.26. The van der Waals surface area contributed by atoms with Crippen molar-refractivity contribution in [2.24, 2.45) is 0 Å². The van der Waals surface area contributed by atoms with Gasteiger partial charge in [0.1, 0.15) is 17.6 Å². The van der Waals surface area contributed by atoms with Crippen LogP contribution >= 0.6 is 0 Å². The number of hydrogen-bond donors (Lipinski definition) is 1. The Labute approximate surface area is 140 Å². The zero-order valence-corrected chi connectivity index (χ0v) is 13.5. The Bertz CT molecular complexity index is 734. The zero-order chi connectivity index (χ0) is 16.9. The Kier molecular flexibility index (Phi) is 4.80. The second-order valence-corrected chi connectivity index (χ2v) is 5.75. The first-order valence-corrected chi connectivity index (χ1v) is 7.92. The number of methoxy groups -OCH3 is 1. The predicted molar refractivity (Wildman–Crippen MR) is 90.8 cm³/mol. The lowest BCUT2D eigenvalue weighted by atomic mass is 10.0. The molecule has 1 N–H and O–H groups in total. The number of nitriles is 1. The maximum absolute atomic E-state index is 13.3. The molecular weight excluding hydrogens is 307 g/mol. The fourth-order valence-corrected chi connectivity index (χ4v) is 2.90. The summed E-state index contributed by atoms with van der Waals surface area (Å²) in [5.74, 6) is 0.601. The number of aromatic nitrogens is 1. The van der Waals surface area contributed by atoms with Crippen molar-refractivity contribution in [2.45, 2.75) is 18.9 Å². The minimum Gasteiger partial charge on any atom is -0.497 e. The van der Waals surface area contributed by atoms with Crippen LogP contribution in [0.15, 0.2) is 36.4 Å². The van der Waals surface area contributed by atoms with Crippen LogP contribution < -0.4 is 15.0 Å². The van der Waals surface area contributed by atoms with Gasteiger partial charge in [-0.05, 0) is 49.2 Å². The third-order valence-electron chi connectivity index (χ3n) is 4.26. The average molecular weight is 326 g/mol. The van der Waals surface area contributed by atoms with Crippen LogP contribution in [0.3, 0.4) is 0 Å². The molecule has 1 saturated heterocycles. The highest BCUT2D eigenvalue weighted by Crippen LogP contribution is 2.24. The highest BCUT2D eigenvalue weighted by Gasteiger charge is 2.21. The first kappa shape index (κ1) is 16.1. The monoisotopic (exact) mass is 326 g/mol. The average Bonchev–Trinajstić information content (AvgIpc) is 2.63. The van der Waals surface area contributed by atoms with Crippen LogP contribution in [-0.4, -0.2) is 31.2 Å². The summed E-state index contributed by atoms with van der Waals surface area (Å²) < 4.78 is 18.5. The summed E-state index contributed by atoms with van der Waals surface area (Å²) in [6.07, 6.45) is 1.80. The Balaban J connectivity index is 1.61. The highest BCUT2D eigenvalue weighted by atomic mass is 19.1. The molecule has 0 atom stereocenters. The molecule has 1 aromatic carbocycles. The lowest BCUT2D eigenvalue weighted by Gasteiger charge is -2.34. The summed E-state index contributed by atoms with van der Waals surface area (Å²) in [5.41, 5.74) is 1.53. The zero-order valence-electron chi connectivity index (χ0n) is 13.5. The normalized spacial score (nSPS) is 15.0. The molecule has 0 radical (unpaired) electrons. The van der Waals surface area contributed by atoms with Gasteiger partial charge in [0, 0.05) is 24.8 Å². The maximum atomic E-state index is 13.3. The van der Waals surface area contributed by atoms with E-state index in [1.165, 1.54) is 12.1 Å². The van der Waals surface area contributed by atoms with Crippen molar-refractivity contribution in [3.8, 4) is 11.8 Å². The summed E-state index contributed by atoms with van der Waals surface area (Å²) in [5, 5.41) is 12.3. The smallest absolute Gasteiger partial charge is 0.214 e. The summed E-state index contributed by atoms with van der Waals surface area (Å²) >= 11 is 0. The molecule has 0 amide bonds. The van der Waals surface area contributed by atoms with Crippen molar-refractivity contribution in [1.29, 1.82) is 5.26 Å². The second kappa shape index (κ2) is 7.18. The maximum Gasteiger partial charge on any atom is 0.214 e. The van der Waals surface area contributed by atoms with E-state index >= 15 is 0 Å². The molecule has 0 bridgehead atoms. The lowest BCUT2D eigenvalue weighted by Crippen LogP contribution is -2.39. The summed E-state index contributed by atoms with van der Waals surface area (Å²) in [7, 11) is 1.65. The SMILES string of the molecule is COc1ccc(N2CCC(Nc3nc(F)ccc3C#N)CC2)cc1. The van der Waals surface area contributed by atoms with Crippen LogP contribution in [0.4, 0.5) is 15.9 Å². The minimum absolute atomic E-state index is 0.181. The standard InChI is InChI=1S/C18H19FN4O/c1-24-16-5-3-15(4-6-16)23-10-8-14(9-11-23)21-18-13(12-20)2-7-17(19)22-18/h2-7,14H,8-11H2,1H3,(H,21,22). The van der Waals surface area contributed by atoms with Crippen LogP contribution in [0.1, 0.15) is 18.4 Å².